The summed E-state index contributed by atoms with van der Waals surface area (Å²) in [6.45, 7) is 4.54. The first-order chi connectivity index (χ1) is 43.0. The molecule has 0 bridgehead atoms. The van der Waals surface area contributed by atoms with E-state index in [1.807, 2.05) is 21.1 Å². The number of carbonyl (C=O) groups excluding carboxylic acids is 2. The summed E-state index contributed by atoms with van der Waals surface area (Å²) >= 11 is 0. The molecule has 526 valence electrons. The zero-order chi connectivity index (χ0) is 64.1. The molecule has 0 spiro atoms. The molecule has 0 aliphatic heterocycles. The number of phosphoric acid groups is 1. The summed E-state index contributed by atoms with van der Waals surface area (Å²) in [4.78, 5) is 35.9. The Kier molecular flexibility index (Phi) is 69.5. The van der Waals surface area contributed by atoms with Crippen molar-refractivity contribution in [2.45, 2.75) is 444 Å². The summed E-state index contributed by atoms with van der Waals surface area (Å²) in [6, 6.07) is 0. The predicted octanol–water partition coefficient (Wildman–Crippen LogP) is 26.1. The van der Waals surface area contributed by atoms with E-state index in [-0.39, 0.29) is 25.6 Å². The van der Waals surface area contributed by atoms with Crippen LogP contribution >= 0.6 is 7.82 Å². The maximum absolute atomic E-state index is 12.9. The van der Waals surface area contributed by atoms with E-state index in [1.54, 1.807) is 0 Å². The molecular weight excluding hydrogens is 1110 g/mol. The van der Waals surface area contributed by atoms with E-state index in [2.05, 4.69) is 13.8 Å². The van der Waals surface area contributed by atoms with Gasteiger partial charge in [0.1, 0.15) is 19.8 Å². The Bertz CT molecular complexity index is 1440. The van der Waals surface area contributed by atoms with Gasteiger partial charge in [0.25, 0.3) is 0 Å². The van der Waals surface area contributed by atoms with Gasteiger partial charge in [0.15, 0.2) is 6.10 Å². The van der Waals surface area contributed by atoms with Gasteiger partial charge in [-0.1, -0.05) is 412 Å². The zero-order valence-electron chi connectivity index (χ0n) is 60.3. The first-order valence-electron chi connectivity index (χ1n) is 39.8. The van der Waals surface area contributed by atoms with E-state index in [1.165, 1.54) is 372 Å². The van der Waals surface area contributed by atoms with Gasteiger partial charge in [-0.05, 0) is 12.8 Å². The van der Waals surface area contributed by atoms with Crippen molar-refractivity contribution >= 4 is 19.8 Å². The highest BCUT2D eigenvalue weighted by molar-refractivity contribution is 7.47. The molecule has 10 heteroatoms. The molecule has 9 nitrogen and oxygen atoms in total. The molecular formula is C78H157NO8P+. The fourth-order valence-electron chi connectivity index (χ4n) is 12.6. The second-order valence-electron chi connectivity index (χ2n) is 28.8. The Labute approximate surface area is 550 Å². The average molecular weight is 1270 g/mol. The molecule has 0 aromatic heterocycles. The van der Waals surface area contributed by atoms with Gasteiger partial charge >= 0.3 is 19.8 Å². The molecule has 0 fully saturated rings. The summed E-state index contributed by atoms with van der Waals surface area (Å²) in [5.74, 6) is -0.765. The second kappa shape index (κ2) is 70.3. The SMILES string of the molecule is CCCCCCCCCCCCCCCCCCCCCCCCCCCCCCCCCCCCCCCCCC(=O)OC(COC(=O)CCCCCCCCCCCCCCCCCCCCCCCCCCC)COP(=O)(O)OCC[N+](C)(C)C. The lowest BCUT2D eigenvalue weighted by molar-refractivity contribution is -0.870. The van der Waals surface area contributed by atoms with E-state index in [9.17, 15) is 19.0 Å². The van der Waals surface area contributed by atoms with Gasteiger partial charge in [0.05, 0.1) is 27.7 Å². The number of hydrogen-bond donors (Lipinski definition) is 1. The van der Waals surface area contributed by atoms with E-state index in [0.717, 1.165) is 38.5 Å². The summed E-state index contributed by atoms with van der Waals surface area (Å²) in [7, 11) is 1.51. The van der Waals surface area contributed by atoms with Gasteiger partial charge < -0.3 is 18.9 Å². The van der Waals surface area contributed by atoms with Crippen molar-refractivity contribution in [2.24, 2.45) is 0 Å². The number of rotatable bonds is 76. The van der Waals surface area contributed by atoms with Crippen LogP contribution < -0.4 is 0 Å². The summed E-state index contributed by atoms with van der Waals surface area (Å²) in [5.41, 5.74) is 0. The van der Waals surface area contributed by atoms with Gasteiger partial charge in [0, 0.05) is 12.8 Å². The van der Waals surface area contributed by atoms with Gasteiger partial charge in [-0.25, -0.2) is 4.57 Å². The minimum atomic E-state index is -4.39. The molecule has 2 unspecified atom stereocenters. The van der Waals surface area contributed by atoms with Crippen LogP contribution in [-0.4, -0.2) is 74.9 Å². The van der Waals surface area contributed by atoms with Gasteiger partial charge in [-0.3, -0.25) is 18.6 Å². The van der Waals surface area contributed by atoms with Crippen LogP contribution in [0.25, 0.3) is 0 Å². The Morgan fingerprint density at radius 3 is 0.727 bits per heavy atom. The number of nitrogens with zero attached hydrogens (tertiary/aromatic N) is 1. The van der Waals surface area contributed by atoms with Crippen LogP contribution in [0.1, 0.15) is 438 Å². The van der Waals surface area contributed by atoms with Gasteiger partial charge in [-0.15, -0.1) is 0 Å². The van der Waals surface area contributed by atoms with E-state index in [0.29, 0.717) is 17.4 Å². The van der Waals surface area contributed by atoms with Gasteiger partial charge in [-0.2, -0.15) is 0 Å². The number of quaternary nitrogens is 1. The molecule has 0 aromatic carbocycles. The van der Waals surface area contributed by atoms with Crippen LogP contribution in [0.4, 0.5) is 0 Å². The van der Waals surface area contributed by atoms with Crippen LogP contribution in [0, 0.1) is 0 Å². The van der Waals surface area contributed by atoms with Crippen molar-refractivity contribution < 1.29 is 42.1 Å². The second-order valence-corrected chi connectivity index (χ2v) is 30.3. The summed E-state index contributed by atoms with van der Waals surface area (Å²) in [5, 5.41) is 0. The lowest BCUT2D eigenvalue weighted by Crippen LogP contribution is -2.37. The molecule has 0 radical (unpaired) electrons. The number of unbranched alkanes of at least 4 members (excludes halogenated alkanes) is 62. The first-order valence-corrected chi connectivity index (χ1v) is 41.3. The molecule has 88 heavy (non-hydrogen) atoms. The third-order valence-electron chi connectivity index (χ3n) is 18.6. The number of carbonyl (C=O) groups is 2. The third-order valence-corrected chi connectivity index (χ3v) is 19.6. The van der Waals surface area contributed by atoms with Crippen molar-refractivity contribution in [3.05, 3.63) is 0 Å². The van der Waals surface area contributed by atoms with Gasteiger partial charge in [0.2, 0.25) is 0 Å². The molecule has 0 aliphatic carbocycles. The molecule has 0 aromatic rings. The quantitative estimate of drug-likeness (QED) is 0.0278. The van der Waals surface area contributed by atoms with Crippen LogP contribution in [0.15, 0.2) is 0 Å². The van der Waals surface area contributed by atoms with Crippen LogP contribution in [0.2, 0.25) is 0 Å². The van der Waals surface area contributed by atoms with E-state index < -0.39 is 26.5 Å². The fourth-order valence-corrected chi connectivity index (χ4v) is 13.3. The minimum Gasteiger partial charge on any atom is -0.462 e. The Hall–Kier alpha value is -0.990. The Balaban J connectivity index is 3.86. The third kappa shape index (κ3) is 74.1. The van der Waals surface area contributed by atoms with Crippen LogP contribution in [0.3, 0.4) is 0 Å². The molecule has 0 heterocycles. The smallest absolute Gasteiger partial charge is 0.462 e. The highest BCUT2D eigenvalue weighted by atomic mass is 31.2. The maximum Gasteiger partial charge on any atom is 0.472 e. The molecule has 0 saturated heterocycles. The maximum atomic E-state index is 12.9. The van der Waals surface area contributed by atoms with Crippen LogP contribution in [-0.2, 0) is 32.7 Å². The number of esters is 2. The lowest BCUT2D eigenvalue weighted by atomic mass is 10.0. The van der Waals surface area contributed by atoms with Crippen molar-refractivity contribution in [1.82, 2.24) is 0 Å². The molecule has 0 amide bonds. The molecule has 2 atom stereocenters. The highest BCUT2D eigenvalue weighted by Crippen LogP contribution is 2.43. The fraction of sp³-hybridized carbons (Fsp3) is 0.974. The van der Waals surface area contributed by atoms with Crippen molar-refractivity contribution in [1.29, 1.82) is 0 Å². The normalized spacial score (nSPS) is 12.9. The topological polar surface area (TPSA) is 108 Å². The Morgan fingerprint density at radius 2 is 0.511 bits per heavy atom. The molecule has 0 rings (SSSR count). The largest absolute Gasteiger partial charge is 0.472 e. The first kappa shape index (κ1) is 87.0. The standard InChI is InChI=1S/C78H156NO8P/c1-6-8-10-12-14-16-18-20-22-24-26-28-30-32-33-34-35-36-37-38-39-40-41-42-43-44-45-47-49-51-53-55-57-59-61-63-65-67-69-71-78(81)87-76(75-86-88(82,83)85-73-72-79(3,4)5)74-84-77(80)70-68-66-64-62-60-58-56-54-52-50-48-46-31-29-27-25-23-21-19-17-15-13-11-9-7-2/h76H,6-75H2,1-5H3/p+1. The average Bonchev–Trinajstić information content (AvgIpc) is 3.68. The summed E-state index contributed by atoms with van der Waals surface area (Å²) in [6.07, 6.45) is 86.9. The lowest BCUT2D eigenvalue weighted by Gasteiger charge is -2.24. The van der Waals surface area contributed by atoms with E-state index in [4.69, 9.17) is 18.5 Å². The number of hydrogen-bond acceptors (Lipinski definition) is 7. The van der Waals surface area contributed by atoms with Crippen LogP contribution in [0.5, 0.6) is 0 Å². The highest BCUT2D eigenvalue weighted by Gasteiger charge is 2.27. The van der Waals surface area contributed by atoms with Crippen molar-refractivity contribution in [3.63, 3.8) is 0 Å². The number of likely N-dealkylation sites (N-methyl/N-ethyl adjacent to an activating group) is 1. The summed E-state index contributed by atoms with van der Waals surface area (Å²) < 4.78 is 34.8. The monoisotopic (exact) mass is 1270 g/mol. The molecule has 0 aliphatic rings. The van der Waals surface area contributed by atoms with Crippen molar-refractivity contribution in [3.8, 4) is 0 Å². The Morgan fingerprint density at radius 1 is 0.307 bits per heavy atom. The van der Waals surface area contributed by atoms with E-state index >= 15 is 0 Å². The number of phosphoric ester groups is 1. The predicted molar refractivity (Wildman–Crippen MR) is 382 cm³/mol. The molecule has 1 N–H and O–H groups in total. The number of ether oxygens (including phenoxy) is 2. The minimum absolute atomic E-state index is 0.0378. The van der Waals surface area contributed by atoms with Crippen molar-refractivity contribution in [2.75, 3.05) is 47.5 Å². The zero-order valence-corrected chi connectivity index (χ0v) is 61.2. The molecule has 0 saturated carbocycles.